The third-order valence-electron chi connectivity index (χ3n) is 24.5. The van der Waals surface area contributed by atoms with Crippen LogP contribution in [0.1, 0.15) is 207 Å². The van der Waals surface area contributed by atoms with Crippen molar-refractivity contribution in [1.29, 1.82) is 0 Å². The van der Waals surface area contributed by atoms with E-state index in [9.17, 15) is 9.59 Å². The maximum Gasteiger partial charge on any atom is 0.346 e. The summed E-state index contributed by atoms with van der Waals surface area (Å²) < 4.78 is 35.8. The summed E-state index contributed by atoms with van der Waals surface area (Å²) in [4.78, 5) is 36.1. The zero-order chi connectivity index (χ0) is 85.6. The summed E-state index contributed by atoms with van der Waals surface area (Å²) in [5.41, 5.74) is 12.4. The molecule has 614 valence electrons. The minimum absolute atomic E-state index is 0.0803. The van der Waals surface area contributed by atoms with E-state index in [4.69, 9.17) is 23.7 Å². The Morgan fingerprint density at radius 2 is 0.508 bits per heavy atom. The van der Waals surface area contributed by atoms with E-state index in [1.165, 1.54) is 22.3 Å². The zero-order valence-electron chi connectivity index (χ0n) is 74.9. The SMILES string of the molecule is CN(C)c1ccc(N(c2ccc(-c3cc(Oc4ccc(C(C)(C)CC(C)(C)C)cc4)c4c5ccc6c7c(Oc8ccc(C(C)(C)CC(C)(C)C)cc8)cc8c9c(cc(Oc%10ccc(C(C)(C)CC(C)(C)C)cc%10)c(c%10ccc(c%11c(Oc%12ccc(C(C)(C)CC(C)(C)C)cc%12)ccc3c%114)c5c%106)c97)C(=O)OC8=O)cc2)c2ccc(N(C)C)cc2)cc1. The highest BCUT2D eigenvalue weighted by atomic mass is 16.6. The lowest BCUT2D eigenvalue weighted by molar-refractivity contribution is 0.0390. The quantitative estimate of drug-likeness (QED) is 0.0283. The summed E-state index contributed by atoms with van der Waals surface area (Å²) in [7, 11) is 8.28. The Morgan fingerprint density at radius 1 is 0.250 bits per heavy atom. The van der Waals surface area contributed by atoms with E-state index in [1.54, 1.807) is 12.1 Å². The topological polar surface area (TPSA) is 90.0 Å². The number of nitrogens with zero attached hydrogens (tertiary/aromatic N) is 3. The zero-order valence-corrected chi connectivity index (χ0v) is 74.9. The Bertz CT molecular complexity index is 6190. The summed E-state index contributed by atoms with van der Waals surface area (Å²) in [5, 5.41) is 11.8. The van der Waals surface area contributed by atoms with Gasteiger partial charge in [0.15, 0.2) is 0 Å². The lowest BCUT2D eigenvalue weighted by Crippen LogP contribution is -2.24. The van der Waals surface area contributed by atoms with Crippen LogP contribution in [-0.2, 0) is 26.4 Å². The fraction of sp³-hybridized carbons (Fsp3) is 0.327. The molecule has 10 heteroatoms. The molecule has 0 radical (unpaired) electrons. The van der Waals surface area contributed by atoms with Crippen molar-refractivity contribution in [1.82, 2.24) is 0 Å². The molecule has 1 aliphatic rings. The summed E-state index contributed by atoms with van der Waals surface area (Å²) >= 11 is 0. The molecular weight excluding hydrogens is 1480 g/mol. The van der Waals surface area contributed by atoms with Crippen LogP contribution < -0.4 is 33.6 Å². The summed E-state index contributed by atoms with van der Waals surface area (Å²) in [6, 6.07) is 79.7. The van der Waals surface area contributed by atoms with Gasteiger partial charge in [-0.1, -0.05) is 223 Å². The second-order valence-corrected chi connectivity index (χ2v) is 41.9. The van der Waals surface area contributed by atoms with Crippen LogP contribution >= 0.6 is 0 Å². The maximum atomic E-state index is 14.7. The van der Waals surface area contributed by atoms with Gasteiger partial charge in [0.1, 0.15) is 46.0 Å². The second kappa shape index (κ2) is 29.7. The smallest absolute Gasteiger partial charge is 0.346 e. The van der Waals surface area contributed by atoms with Crippen LogP contribution in [0.5, 0.6) is 46.0 Å². The minimum Gasteiger partial charge on any atom is -0.457 e. The van der Waals surface area contributed by atoms with E-state index in [1.807, 2.05) is 24.3 Å². The summed E-state index contributed by atoms with van der Waals surface area (Å²) in [6.07, 6.45) is 3.91. The lowest BCUT2D eigenvalue weighted by Gasteiger charge is -2.33. The van der Waals surface area contributed by atoms with Gasteiger partial charge in [-0.2, -0.15) is 0 Å². The molecule has 0 aromatic heterocycles. The van der Waals surface area contributed by atoms with Crippen molar-refractivity contribution in [2.24, 2.45) is 21.7 Å². The third-order valence-corrected chi connectivity index (χ3v) is 24.5. The number of rotatable bonds is 22. The van der Waals surface area contributed by atoms with Gasteiger partial charge >= 0.3 is 11.9 Å². The van der Waals surface area contributed by atoms with Gasteiger partial charge in [-0.05, 0) is 280 Å². The first-order valence-electron chi connectivity index (χ1n) is 42.6. The van der Waals surface area contributed by atoms with Crippen LogP contribution in [0, 0.1) is 21.7 Å². The van der Waals surface area contributed by atoms with Crippen molar-refractivity contribution in [3.05, 3.63) is 258 Å². The average molecular weight is 1590 g/mol. The van der Waals surface area contributed by atoms with Gasteiger partial charge < -0.3 is 38.4 Å². The number of benzene rings is 15. The predicted octanol–water partition coefficient (Wildman–Crippen LogP) is 31.2. The Morgan fingerprint density at radius 3 is 0.808 bits per heavy atom. The van der Waals surface area contributed by atoms with Crippen LogP contribution in [0.15, 0.2) is 224 Å². The number of hydrogen-bond donors (Lipinski definition) is 0. The van der Waals surface area contributed by atoms with Crippen molar-refractivity contribution < 1.29 is 33.3 Å². The number of ether oxygens (including phenoxy) is 5. The highest BCUT2D eigenvalue weighted by molar-refractivity contribution is 6.46. The molecule has 1 heterocycles. The molecule has 15 aromatic carbocycles. The molecule has 0 atom stereocenters. The molecule has 0 amide bonds. The minimum atomic E-state index is -0.752. The van der Waals surface area contributed by atoms with E-state index in [-0.39, 0.29) is 54.4 Å². The third kappa shape index (κ3) is 15.8. The Balaban J connectivity index is 1.000. The first-order chi connectivity index (χ1) is 56.4. The fourth-order valence-corrected chi connectivity index (χ4v) is 20.7. The largest absolute Gasteiger partial charge is 0.457 e. The molecule has 16 rings (SSSR count). The van der Waals surface area contributed by atoms with E-state index >= 15 is 0 Å². The number of esters is 2. The maximum absolute atomic E-state index is 14.7. The van der Waals surface area contributed by atoms with Crippen LogP contribution in [0.2, 0.25) is 0 Å². The van der Waals surface area contributed by atoms with Crippen LogP contribution in [0.3, 0.4) is 0 Å². The first kappa shape index (κ1) is 82.1. The van der Waals surface area contributed by atoms with E-state index in [0.717, 1.165) is 119 Å². The van der Waals surface area contributed by atoms with Crippen molar-refractivity contribution >= 4 is 116 Å². The Labute approximate surface area is 710 Å². The number of cyclic esters (lactones) is 2. The van der Waals surface area contributed by atoms with Gasteiger partial charge in [-0.15, -0.1) is 0 Å². The number of carbonyl (C=O) groups is 2. The van der Waals surface area contributed by atoms with Gasteiger partial charge in [0, 0.05) is 94.3 Å². The molecular formula is C110H117N3O7. The molecule has 0 fully saturated rings. The Kier molecular flexibility index (Phi) is 20.3. The van der Waals surface area contributed by atoms with Crippen molar-refractivity contribution in [2.45, 2.75) is 186 Å². The van der Waals surface area contributed by atoms with Crippen molar-refractivity contribution in [2.75, 3.05) is 42.9 Å². The number of fused-ring (bicyclic) bond motifs is 4. The lowest BCUT2D eigenvalue weighted by atomic mass is 9.72. The predicted molar refractivity (Wildman–Crippen MR) is 504 cm³/mol. The second-order valence-electron chi connectivity index (χ2n) is 41.9. The van der Waals surface area contributed by atoms with Crippen molar-refractivity contribution in [3.8, 4) is 57.1 Å². The standard InChI is InChI=1S/C110H117N3O7/c1-103(2,3)62-107(13,14)67-27-45-76(46-28-67)116-88-58-57-80-85(66-25-35-73(36-26-66)113(74-41-37-71(38-42-74)111(21)22)75-43-39-72(40-44-75)112(23)24)59-89(117-77-47-29-68(30-48-77)108(15,16)63-104(4,5)6)96-82-54-56-84-93-83(55-53-81(92(82)93)95(88)99(80)96)97-90(118-78-49-31-69(32-50-78)109(17,18)64-105(7,8)9)60-86-94-87(102(115)120-101(86)114)61-91(98(84)100(94)97)119-79-51-33-70(34-52-79)110(19,20)65-106(10,11)12/h25-61H,62-65H2,1-24H3. The number of anilines is 5. The van der Waals surface area contributed by atoms with E-state index in [0.29, 0.717) is 67.5 Å². The van der Waals surface area contributed by atoms with Crippen molar-refractivity contribution in [3.63, 3.8) is 0 Å². The average Bonchev–Trinajstić information content (AvgIpc) is 0.673. The molecule has 0 N–H and O–H groups in total. The van der Waals surface area contributed by atoms with Gasteiger partial charge in [0.25, 0.3) is 0 Å². The molecule has 1 aliphatic heterocycles. The molecule has 120 heavy (non-hydrogen) atoms. The first-order valence-corrected chi connectivity index (χ1v) is 42.6. The van der Waals surface area contributed by atoms with Crippen LogP contribution in [0.25, 0.3) is 86.5 Å². The van der Waals surface area contributed by atoms with E-state index < -0.39 is 11.9 Å². The molecule has 0 unspecified atom stereocenters. The molecule has 0 spiro atoms. The fourth-order valence-electron chi connectivity index (χ4n) is 20.7. The highest BCUT2D eigenvalue weighted by Crippen LogP contribution is 2.58. The van der Waals surface area contributed by atoms with Gasteiger partial charge in [-0.3, -0.25) is 0 Å². The van der Waals surface area contributed by atoms with Crippen LogP contribution in [-0.4, -0.2) is 40.1 Å². The molecule has 0 saturated carbocycles. The monoisotopic (exact) mass is 1590 g/mol. The molecule has 15 aromatic rings. The number of carbonyl (C=O) groups excluding carboxylic acids is 2. The molecule has 0 aliphatic carbocycles. The van der Waals surface area contributed by atoms with E-state index in [2.05, 4.69) is 369 Å². The molecule has 0 bridgehead atoms. The Hall–Kier alpha value is -11.6. The summed E-state index contributed by atoms with van der Waals surface area (Å²) in [5.74, 6) is 3.22. The van der Waals surface area contributed by atoms with Gasteiger partial charge in [0.2, 0.25) is 0 Å². The molecule has 0 saturated heterocycles. The summed E-state index contributed by atoms with van der Waals surface area (Å²) in [6.45, 7) is 46.1. The van der Waals surface area contributed by atoms with Gasteiger partial charge in [0.05, 0.1) is 11.1 Å². The molecule has 10 nitrogen and oxygen atoms in total. The van der Waals surface area contributed by atoms with Crippen LogP contribution in [0.4, 0.5) is 28.4 Å². The highest BCUT2D eigenvalue weighted by Gasteiger charge is 2.38. The van der Waals surface area contributed by atoms with Gasteiger partial charge in [-0.25, -0.2) is 9.59 Å². The number of hydrogen-bond acceptors (Lipinski definition) is 10. The normalized spacial score (nSPS) is 13.4.